The van der Waals surface area contributed by atoms with Gasteiger partial charge in [-0.15, -0.1) is 0 Å². The molecular weight excluding hydrogens is 457 g/mol. The average Bonchev–Trinajstić information content (AvgIpc) is 3.27. The summed E-state index contributed by atoms with van der Waals surface area (Å²) in [6.45, 7) is 6.09. The third-order valence-corrected chi connectivity index (χ3v) is 5.45. The standard InChI is InChI=1S/C26H26FN5O2.C2H6/c1-2-3-9-19-16-25(30-26(34)29-23-12-7-6-11-22(23)27)32(31-19)20-13-17-8-4-5-10-21(17)18(14-20)15-24(28)33;1-2/h4-8,10-14,16H,2-3,9,15H2,1H3,(H2,28,33)(H2,29,30,34);1-2H3. The Hall–Kier alpha value is -4.20. The highest BCUT2D eigenvalue weighted by atomic mass is 19.1. The number of carbonyl (C=O) groups excluding carboxylic acids is 2. The van der Waals surface area contributed by atoms with E-state index in [1.807, 2.05) is 50.2 Å². The first-order chi connectivity index (χ1) is 17.4. The minimum absolute atomic E-state index is 0.0757. The average molecular weight is 490 g/mol. The van der Waals surface area contributed by atoms with E-state index in [2.05, 4.69) is 17.6 Å². The largest absolute Gasteiger partial charge is 0.369 e. The normalized spacial score (nSPS) is 10.4. The summed E-state index contributed by atoms with van der Waals surface area (Å²) < 4.78 is 15.6. The van der Waals surface area contributed by atoms with Crippen LogP contribution in [0.3, 0.4) is 0 Å². The van der Waals surface area contributed by atoms with Gasteiger partial charge in [0.2, 0.25) is 5.91 Å². The number of hydrogen-bond donors (Lipinski definition) is 3. The second kappa shape index (κ2) is 12.5. The van der Waals surface area contributed by atoms with Crippen LogP contribution in [0.2, 0.25) is 0 Å². The number of aromatic nitrogens is 2. The SMILES string of the molecule is CC.CCCCc1cc(NC(=O)Nc2ccccc2F)n(-c2cc(CC(N)=O)c3ccccc3c2)n1. The van der Waals surface area contributed by atoms with Crippen molar-refractivity contribution in [2.75, 3.05) is 10.6 Å². The van der Waals surface area contributed by atoms with Gasteiger partial charge in [0.1, 0.15) is 11.6 Å². The summed E-state index contributed by atoms with van der Waals surface area (Å²) in [6, 6.07) is 18.7. The van der Waals surface area contributed by atoms with E-state index in [9.17, 15) is 14.0 Å². The van der Waals surface area contributed by atoms with E-state index in [-0.39, 0.29) is 12.1 Å². The van der Waals surface area contributed by atoms with E-state index in [1.165, 1.54) is 12.1 Å². The molecular formula is C28H32FN5O2. The molecule has 8 heteroatoms. The molecule has 1 heterocycles. The Labute approximate surface area is 210 Å². The maximum Gasteiger partial charge on any atom is 0.324 e. The highest BCUT2D eigenvalue weighted by molar-refractivity contribution is 5.99. The van der Waals surface area contributed by atoms with Crippen LogP contribution in [-0.2, 0) is 17.6 Å². The van der Waals surface area contributed by atoms with E-state index in [1.54, 1.807) is 22.9 Å². The molecule has 0 fully saturated rings. The van der Waals surface area contributed by atoms with Gasteiger partial charge >= 0.3 is 6.03 Å². The van der Waals surface area contributed by atoms with E-state index < -0.39 is 17.8 Å². The van der Waals surface area contributed by atoms with Crippen LogP contribution in [-0.4, -0.2) is 21.7 Å². The second-order valence-corrected chi connectivity index (χ2v) is 8.06. The zero-order valence-corrected chi connectivity index (χ0v) is 20.8. The van der Waals surface area contributed by atoms with Crippen molar-refractivity contribution in [2.24, 2.45) is 5.73 Å². The van der Waals surface area contributed by atoms with Crippen LogP contribution in [0.4, 0.5) is 20.7 Å². The number of aryl methyl sites for hydroxylation is 1. The Kier molecular flexibility index (Phi) is 9.16. The lowest BCUT2D eigenvalue weighted by atomic mass is 10.0. The summed E-state index contributed by atoms with van der Waals surface area (Å²) >= 11 is 0. The fourth-order valence-corrected chi connectivity index (χ4v) is 3.86. The Balaban J connectivity index is 0.00000176. The number of amides is 3. The van der Waals surface area contributed by atoms with Crippen LogP contribution in [0, 0.1) is 5.82 Å². The lowest BCUT2D eigenvalue weighted by molar-refractivity contribution is -0.117. The Morgan fingerprint density at radius 2 is 1.72 bits per heavy atom. The molecule has 0 spiro atoms. The van der Waals surface area contributed by atoms with Gasteiger partial charge in [0, 0.05) is 6.07 Å². The quantitative estimate of drug-likeness (QED) is 0.274. The first-order valence-electron chi connectivity index (χ1n) is 12.2. The van der Waals surface area contributed by atoms with Crippen molar-refractivity contribution >= 4 is 34.2 Å². The number of hydrogen-bond acceptors (Lipinski definition) is 3. The van der Waals surface area contributed by atoms with Crippen molar-refractivity contribution in [3.05, 3.63) is 83.8 Å². The van der Waals surface area contributed by atoms with Gasteiger partial charge in [0.15, 0.2) is 0 Å². The second-order valence-electron chi connectivity index (χ2n) is 8.06. The third-order valence-electron chi connectivity index (χ3n) is 5.45. The molecule has 4 rings (SSSR count). The number of anilines is 2. The molecule has 0 saturated carbocycles. The van der Waals surface area contributed by atoms with Crippen LogP contribution < -0.4 is 16.4 Å². The van der Waals surface area contributed by atoms with Gasteiger partial charge in [-0.05, 0) is 53.4 Å². The molecule has 7 nitrogen and oxygen atoms in total. The molecule has 0 atom stereocenters. The number of para-hydroxylation sites is 1. The van der Waals surface area contributed by atoms with Crippen LogP contribution >= 0.6 is 0 Å². The summed E-state index contributed by atoms with van der Waals surface area (Å²) in [4.78, 5) is 24.4. The number of halogens is 1. The number of nitrogens with one attached hydrogen (secondary N) is 2. The topological polar surface area (TPSA) is 102 Å². The van der Waals surface area contributed by atoms with Gasteiger partial charge in [-0.3, -0.25) is 10.1 Å². The summed E-state index contributed by atoms with van der Waals surface area (Å²) in [7, 11) is 0. The molecule has 0 saturated heterocycles. The summed E-state index contributed by atoms with van der Waals surface area (Å²) in [5.41, 5.74) is 7.83. The maximum absolute atomic E-state index is 14.0. The summed E-state index contributed by atoms with van der Waals surface area (Å²) in [5, 5.41) is 11.9. The monoisotopic (exact) mass is 489 g/mol. The van der Waals surface area contributed by atoms with E-state index in [0.29, 0.717) is 11.5 Å². The number of rotatable bonds is 8. The number of fused-ring (bicyclic) bond motifs is 1. The highest BCUT2D eigenvalue weighted by Gasteiger charge is 2.16. The molecule has 0 aliphatic rings. The van der Waals surface area contributed by atoms with Crippen LogP contribution in [0.25, 0.3) is 16.5 Å². The number of nitrogens with two attached hydrogens (primary N) is 1. The number of nitrogens with zero attached hydrogens (tertiary/aromatic N) is 2. The predicted octanol–water partition coefficient (Wildman–Crippen LogP) is 6.21. The van der Waals surface area contributed by atoms with Gasteiger partial charge in [0.25, 0.3) is 0 Å². The molecule has 1 aromatic heterocycles. The first kappa shape index (κ1) is 26.4. The zero-order chi connectivity index (χ0) is 26.1. The fraction of sp³-hybridized carbons (Fsp3) is 0.250. The van der Waals surface area contributed by atoms with Crippen molar-refractivity contribution < 1.29 is 14.0 Å². The van der Waals surface area contributed by atoms with Crippen LogP contribution in [0.15, 0.2) is 66.7 Å². The lowest BCUT2D eigenvalue weighted by Crippen LogP contribution is -2.22. The van der Waals surface area contributed by atoms with Gasteiger partial charge in [-0.1, -0.05) is 63.6 Å². The number of urea groups is 1. The number of unbranched alkanes of at least 4 members (excludes halogenated alkanes) is 1. The van der Waals surface area contributed by atoms with Gasteiger partial charge in [-0.25, -0.2) is 13.9 Å². The van der Waals surface area contributed by atoms with Crippen LogP contribution in [0.5, 0.6) is 0 Å². The predicted molar refractivity (Wildman–Crippen MR) is 143 cm³/mol. The molecule has 3 amide bonds. The van der Waals surface area contributed by atoms with Crippen molar-refractivity contribution in [3.63, 3.8) is 0 Å². The van der Waals surface area contributed by atoms with Gasteiger partial charge < -0.3 is 11.1 Å². The summed E-state index contributed by atoms with van der Waals surface area (Å²) in [6.07, 6.45) is 2.77. The third kappa shape index (κ3) is 6.47. The first-order valence-corrected chi connectivity index (χ1v) is 12.2. The fourth-order valence-electron chi connectivity index (χ4n) is 3.86. The van der Waals surface area contributed by atoms with E-state index in [4.69, 9.17) is 10.8 Å². The molecule has 0 aliphatic carbocycles. The molecule has 188 valence electrons. The number of carbonyl (C=O) groups is 2. The molecule has 4 N–H and O–H groups in total. The Morgan fingerprint density at radius 1 is 1.00 bits per heavy atom. The molecule has 3 aromatic carbocycles. The van der Waals surface area contributed by atoms with Crippen molar-refractivity contribution in [3.8, 4) is 5.69 Å². The minimum Gasteiger partial charge on any atom is -0.369 e. The summed E-state index contributed by atoms with van der Waals surface area (Å²) in [5.74, 6) is -0.533. The Bertz CT molecular complexity index is 1350. The van der Waals surface area contributed by atoms with Gasteiger partial charge in [-0.2, -0.15) is 5.10 Å². The van der Waals surface area contributed by atoms with Crippen molar-refractivity contribution in [1.82, 2.24) is 9.78 Å². The van der Waals surface area contributed by atoms with Crippen LogP contribution in [0.1, 0.15) is 44.9 Å². The van der Waals surface area contributed by atoms with E-state index in [0.717, 1.165) is 41.3 Å². The van der Waals surface area contributed by atoms with E-state index >= 15 is 0 Å². The maximum atomic E-state index is 14.0. The highest BCUT2D eigenvalue weighted by Crippen LogP contribution is 2.27. The molecule has 0 unspecified atom stereocenters. The Morgan fingerprint density at radius 3 is 2.44 bits per heavy atom. The minimum atomic E-state index is -0.591. The smallest absolute Gasteiger partial charge is 0.324 e. The van der Waals surface area contributed by atoms with Crippen molar-refractivity contribution in [2.45, 2.75) is 46.5 Å². The number of benzene rings is 3. The van der Waals surface area contributed by atoms with Crippen molar-refractivity contribution in [1.29, 1.82) is 0 Å². The zero-order valence-electron chi connectivity index (χ0n) is 20.8. The van der Waals surface area contributed by atoms with Gasteiger partial charge in [0.05, 0.1) is 23.5 Å². The molecule has 0 bridgehead atoms. The molecule has 0 aliphatic heterocycles. The molecule has 4 aromatic rings. The molecule has 36 heavy (non-hydrogen) atoms. The number of primary amides is 1. The molecule has 0 radical (unpaired) electrons. The lowest BCUT2D eigenvalue weighted by Gasteiger charge is -2.13.